The standard InChI is InChI=1S/C13H28N2O/c1-5-14-11(2)7-6-9-15(4)13-8-10-16-12(13)3/h11-14H,5-10H2,1-4H3. The van der Waals surface area contributed by atoms with E-state index in [-0.39, 0.29) is 0 Å². The number of nitrogens with one attached hydrogen (secondary N) is 1. The van der Waals surface area contributed by atoms with Gasteiger partial charge in [0, 0.05) is 18.7 Å². The lowest BCUT2D eigenvalue weighted by atomic mass is 10.1. The van der Waals surface area contributed by atoms with Crippen LogP contribution in [0, 0.1) is 0 Å². The van der Waals surface area contributed by atoms with Crippen LogP contribution >= 0.6 is 0 Å². The summed E-state index contributed by atoms with van der Waals surface area (Å²) in [6.07, 6.45) is 4.14. The Morgan fingerprint density at radius 1 is 1.50 bits per heavy atom. The summed E-state index contributed by atoms with van der Waals surface area (Å²) in [7, 11) is 2.23. The average Bonchev–Trinajstić information content (AvgIpc) is 2.64. The van der Waals surface area contributed by atoms with Crippen LogP contribution in [0.2, 0.25) is 0 Å². The molecule has 3 atom stereocenters. The summed E-state index contributed by atoms with van der Waals surface area (Å²) in [6.45, 7) is 9.82. The van der Waals surface area contributed by atoms with E-state index >= 15 is 0 Å². The first-order valence-corrected chi connectivity index (χ1v) is 6.70. The summed E-state index contributed by atoms with van der Waals surface area (Å²) in [4.78, 5) is 2.47. The third-order valence-corrected chi connectivity index (χ3v) is 3.60. The maximum atomic E-state index is 5.60. The van der Waals surface area contributed by atoms with Crippen molar-refractivity contribution >= 4 is 0 Å². The van der Waals surface area contributed by atoms with Crippen molar-refractivity contribution in [2.45, 2.75) is 58.2 Å². The number of hydrogen-bond donors (Lipinski definition) is 1. The highest BCUT2D eigenvalue weighted by molar-refractivity contribution is 4.80. The highest BCUT2D eigenvalue weighted by Gasteiger charge is 2.27. The van der Waals surface area contributed by atoms with Crippen LogP contribution in [0.4, 0.5) is 0 Å². The first-order chi connectivity index (χ1) is 7.65. The van der Waals surface area contributed by atoms with Crippen LogP contribution in [-0.2, 0) is 4.74 Å². The molecule has 1 saturated heterocycles. The fraction of sp³-hybridized carbons (Fsp3) is 1.00. The normalized spacial score (nSPS) is 27.6. The van der Waals surface area contributed by atoms with Gasteiger partial charge < -0.3 is 15.0 Å². The Balaban J connectivity index is 2.12. The summed E-state index contributed by atoms with van der Waals surface area (Å²) in [5.41, 5.74) is 0. The minimum atomic E-state index is 0.413. The Kier molecular flexibility index (Phi) is 6.32. The van der Waals surface area contributed by atoms with Gasteiger partial charge in [-0.3, -0.25) is 0 Å². The van der Waals surface area contributed by atoms with Crippen LogP contribution in [-0.4, -0.2) is 49.8 Å². The summed E-state index contributed by atoms with van der Waals surface area (Å²) in [5.74, 6) is 0. The lowest BCUT2D eigenvalue weighted by Crippen LogP contribution is -2.37. The number of likely N-dealkylation sites (N-methyl/N-ethyl adjacent to an activating group) is 1. The van der Waals surface area contributed by atoms with Crippen molar-refractivity contribution in [1.82, 2.24) is 10.2 Å². The molecule has 96 valence electrons. The lowest BCUT2D eigenvalue weighted by molar-refractivity contribution is 0.0830. The van der Waals surface area contributed by atoms with E-state index in [1.54, 1.807) is 0 Å². The molecule has 1 N–H and O–H groups in total. The van der Waals surface area contributed by atoms with Crippen molar-refractivity contribution in [3.8, 4) is 0 Å². The van der Waals surface area contributed by atoms with Gasteiger partial charge in [-0.1, -0.05) is 6.92 Å². The number of ether oxygens (including phenoxy) is 1. The predicted octanol–water partition coefficient (Wildman–Crippen LogP) is 1.87. The third-order valence-electron chi connectivity index (χ3n) is 3.60. The molecule has 1 rings (SSSR count). The minimum Gasteiger partial charge on any atom is -0.377 e. The van der Waals surface area contributed by atoms with Crippen LogP contribution in [0.25, 0.3) is 0 Å². The Labute approximate surface area is 101 Å². The van der Waals surface area contributed by atoms with E-state index in [9.17, 15) is 0 Å². The maximum absolute atomic E-state index is 5.60. The predicted molar refractivity (Wildman–Crippen MR) is 68.8 cm³/mol. The summed E-state index contributed by atoms with van der Waals surface area (Å²) < 4.78 is 5.60. The molecule has 0 radical (unpaired) electrons. The van der Waals surface area contributed by atoms with Crippen molar-refractivity contribution in [1.29, 1.82) is 0 Å². The zero-order chi connectivity index (χ0) is 12.0. The van der Waals surface area contributed by atoms with E-state index in [2.05, 4.69) is 38.0 Å². The fourth-order valence-electron chi connectivity index (χ4n) is 2.56. The van der Waals surface area contributed by atoms with Crippen molar-refractivity contribution in [2.24, 2.45) is 0 Å². The molecule has 0 aromatic rings. The van der Waals surface area contributed by atoms with Gasteiger partial charge in [-0.25, -0.2) is 0 Å². The first-order valence-electron chi connectivity index (χ1n) is 6.70. The monoisotopic (exact) mass is 228 g/mol. The number of hydrogen-bond acceptors (Lipinski definition) is 3. The Hall–Kier alpha value is -0.120. The van der Waals surface area contributed by atoms with Gasteiger partial charge in [0.15, 0.2) is 0 Å². The second-order valence-electron chi connectivity index (χ2n) is 5.01. The largest absolute Gasteiger partial charge is 0.377 e. The van der Waals surface area contributed by atoms with Crippen molar-refractivity contribution in [3.05, 3.63) is 0 Å². The molecule has 3 unspecified atom stereocenters. The molecule has 0 spiro atoms. The lowest BCUT2D eigenvalue weighted by Gasteiger charge is -2.27. The van der Waals surface area contributed by atoms with Gasteiger partial charge in [0.1, 0.15) is 0 Å². The highest BCUT2D eigenvalue weighted by atomic mass is 16.5. The Morgan fingerprint density at radius 2 is 2.25 bits per heavy atom. The van der Waals surface area contributed by atoms with Gasteiger partial charge in [0.05, 0.1) is 6.10 Å². The molecule has 0 amide bonds. The maximum Gasteiger partial charge on any atom is 0.0702 e. The molecule has 1 heterocycles. The van der Waals surface area contributed by atoms with Gasteiger partial charge in [-0.05, 0) is 53.2 Å². The molecule has 0 aromatic heterocycles. The summed E-state index contributed by atoms with van der Waals surface area (Å²) >= 11 is 0. The van der Waals surface area contributed by atoms with Crippen LogP contribution in [0.15, 0.2) is 0 Å². The van der Waals surface area contributed by atoms with E-state index in [0.29, 0.717) is 18.2 Å². The molecule has 16 heavy (non-hydrogen) atoms. The second-order valence-corrected chi connectivity index (χ2v) is 5.01. The van der Waals surface area contributed by atoms with Gasteiger partial charge in [-0.15, -0.1) is 0 Å². The second kappa shape index (κ2) is 7.25. The quantitative estimate of drug-likeness (QED) is 0.720. The Morgan fingerprint density at radius 3 is 2.81 bits per heavy atom. The summed E-state index contributed by atoms with van der Waals surface area (Å²) in [5, 5.41) is 3.45. The van der Waals surface area contributed by atoms with Crippen molar-refractivity contribution in [2.75, 3.05) is 26.7 Å². The van der Waals surface area contributed by atoms with Crippen LogP contribution in [0.5, 0.6) is 0 Å². The van der Waals surface area contributed by atoms with E-state index < -0.39 is 0 Å². The molecule has 1 aliphatic heterocycles. The van der Waals surface area contributed by atoms with Crippen molar-refractivity contribution in [3.63, 3.8) is 0 Å². The smallest absolute Gasteiger partial charge is 0.0702 e. The van der Waals surface area contributed by atoms with E-state index in [1.165, 1.54) is 25.8 Å². The minimum absolute atomic E-state index is 0.413. The molecule has 0 bridgehead atoms. The molecule has 0 aromatic carbocycles. The van der Waals surface area contributed by atoms with Gasteiger partial charge >= 0.3 is 0 Å². The van der Waals surface area contributed by atoms with E-state index in [4.69, 9.17) is 4.74 Å². The van der Waals surface area contributed by atoms with Crippen molar-refractivity contribution < 1.29 is 4.74 Å². The Bertz CT molecular complexity index is 187. The molecule has 3 nitrogen and oxygen atoms in total. The number of rotatable bonds is 7. The van der Waals surface area contributed by atoms with Crippen LogP contribution in [0.3, 0.4) is 0 Å². The van der Waals surface area contributed by atoms with E-state index in [0.717, 1.165) is 13.2 Å². The average molecular weight is 228 g/mol. The van der Waals surface area contributed by atoms with Gasteiger partial charge in [-0.2, -0.15) is 0 Å². The zero-order valence-electron chi connectivity index (χ0n) is 11.3. The molecule has 0 aliphatic carbocycles. The number of nitrogens with zero attached hydrogens (tertiary/aromatic N) is 1. The SMILES string of the molecule is CCNC(C)CCCN(C)C1CCOC1C. The molecular weight excluding hydrogens is 200 g/mol. The van der Waals surface area contributed by atoms with E-state index in [1.807, 2.05) is 0 Å². The topological polar surface area (TPSA) is 24.5 Å². The molecule has 1 aliphatic rings. The third kappa shape index (κ3) is 4.40. The van der Waals surface area contributed by atoms with Crippen LogP contribution < -0.4 is 5.32 Å². The molecule has 1 fully saturated rings. The highest BCUT2D eigenvalue weighted by Crippen LogP contribution is 2.18. The van der Waals surface area contributed by atoms with Crippen LogP contribution in [0.1, 0.15) is 40.0 Å². The molecule has 3 heteroatoms. The molecular formula is C13H28N2O. The molecule has 0 saturated carbocycles. The fourth-order valence-corrected chi connectivity index (χ4v) is 2.56. The van der Waals surface area contributed by atoms with Gasteiger partial charge in [0.25, 0.3) is 0 Å². The summed E-state index contributed by atoms with van der Waals surface area (Å²) in [6, 6.07) is 1.28. The zero-order valence-corrected chi connectivity index (χ0v) is 11.3. The van der Waals surface area contributed by atoms with Gasteiger partial charge in [0.2, 0.25) is 0 Å². The first kappa shape index (κ1) is 13.9.